The first-order chi connectivity index (χ1) is 8.78. The highest BCUT2D eigenvalue weighted by atomic mass is 32.1. The Morgan fingerprint density at radius 3 is 3.17 bits per heavy atom. The molecule has 3 nitrogen and oxygen atoms in total. The molecule has 102 valence electrons. The van der Waals surface area contributed by atoms with Crippen molar-refractivity contribution in [1.29, 1.82) is 0 Å². The van der Waals surface area contributed by atoms with E-state index in [0.29, 0.717) is 6.10 Å². The van der Waals surface area contributed by atoms with E-state index in [1.165, 1.54) is 4.88 Å². The van der Waals surface area contributed by atoms with Crippen molar-refractivity contribution < 1.29 is 9.84 Å². The summed E-state index contributed by atoms with van der Waals surface area (Å²) in [6.07, 6.45) is 4.34. The van der Waals surface area contributed by atoms with Gasteiger partial charge in [0, 0.05) is 23.6 Å². The lowest BCUT2D eigenvalue weighted by Crippen LogP contribution is -2.54. The van der Waals surface area contributed by atoms with E-state index < -0.39 is 0 Å². The van der Waals surface area contributed by atoms with Gasteiger partial charge in [-0.15, -0.1) is 11.3 Å². The molecule has 0 aromatic carbocycles. The van der Waals surface area contributed by atoms with Crippen molar-refractivity contribution in [2.75, 3.05) is 13.2 Å². The summed E-state index contributed by atoms with van der Waals surface area (Å²) in [7, 11) is 0. The number of aliphatic hydroxyl groups is 1. The Balaban J connectivity index is 1.92. The Labute approximate surface area is 113 Å². The molecular weight excluding hydrogens is 246 g/mol. The largest absolute Gasteiger partial charge is 0.394 e. The van der Waals surface area contributed by atoms with Gasteiger partial charge in [-0.2, -0.15) is 0 Å². The second kappa shape index (κ2) is 6.66. The van der Waals surface area contributed by atoms with Crippen LogP contribution < -0.4 is 5.32 Å². The summed E-state index contributed by atoms with van der Waals surface area (Å²) in [6, 6.07) is 4.20. The van der Waals surface area contributed by atoms with Crippen LogP contribution in [-0.4, -0.2) is 30.0 Å². The molecule has 2 N–H and O–H groups in total. The molecule has 0 amide bonds. The lowest BCUT2D eigenvalue weighted by Gasteiger charge is -2.40. The first kappa shape index (κ1) is 14.0. The zero-order valence-corrected chi connectivity index (χ0v) is 11.8. The molecule has 0 radical (unpaired) electrons. The Hall–Kier alpha value is -0.420. The van der Waals surface area contributed by atoms with Crippen molar-refractivity contribution in [3.8, 4) is 0 Å². The van der Waals surface area contributed by atoms with E-state index in [1.54, 1.807) is 11.3 Å². The Morgan fingerprint density at radius 1 is 1.61 bits per heavy atom. The van der Waals surface area contributed by atoms with Crippen LogP contribution in [0.25, 0.3) is 0 Å². The summed E-state index contributed by atoms with van der Waals surface area (Å²) in [5.41, 5.74) is -0.151. The summed E-state index contributed by atoms with van der Waals surface area (Å²) in [6.45, 7) is 3.97. The highest BCUT2D eigenvalue weighted by Gasteiger charge is 2.35. The number of aliphatic hydroxyl groups excluding tert-OH is 1. The van der Waals surface area contributed by atoms with Crippen LogP contribution in [0.3, 0.4) is 0 Å². The normalized spacial score (nSPS) is 28.4. The van der Waals surface area contributed by atoms with Gasteiger partial charge in [-0.05, 0) is 30.7 Å². The first-order valence-electron chi connectivity index (χ1n) is 6.78. The predicted molar refractivity (Wildman–Crippen MR) is 74.9 cm³/mol. The SMILES string of the molecule is CCCC1CC(CO)(NCc2cccs2)CCO1. The Bertz CT molecular complexity index is 340. The molecule has 0 saturated carbocycles. The smallest absolute Gasteiger partial charge is 0.0615 e. The van der Waals surface area contributed by atoms with Crippen molar-refractivity contribution in [2.45, 2.75) is 50.8 Å². The lowest BCUT2D eigenvalue weighted by atomic mass is 9.86. The van der Waals surface area contributed by atoms with E-state index >= 15 is 0 Å². The van der Waals surface area contributed by atoms with Crippen molar-refractivity contribution in [3.63, 3.8) is 0 Å². The highest BCUT2D eigenvalue weighted by Crippen LogP contribution is 2.27. The number of hydrogen-bond acceptors (Lipinski definition) is 4. The van der Waals surface area contributed by atoms with E-state index in [-0.39, 0.29) is 12.1 Å². The molecule has 1 aliphatic rings. The Morgan fingerprint density at radius 2 is 2.50 bits per heavy atom. The van der Waals surface area contributed by atoms with Gasteiger partial charge in [0.25, 0.3) is 0 Å². The maximum absolute atomic E-state index is 9.74. The zero-order valence-electron chi connectivity index (χ0n) is 11.0. The molecule has 4 heteroatoms. The second-order valence-electron chi connectivity index (χ2n) is 5.11. The van der Waals surface area contributed by atoms with Crippen LogP contribution in [-0.2, 0) is 11.3 Å². The molecule has 1 aliphatic heterocycles. The summed E-state index contributed by atoms with van der Waals surface area (Å²) >= 11 is 1.76. The van der Waals surface area contributed by atoms with Crippen LogP contribution in [0.2, 0.25) is 0 Å². The van der Waals surface area contributed by atoms with Gasteiger partial charge >= 0.3 is 0 Å². The van der Waals surface area contributed by atoms with Gasteiger partial charge in [-0.1, -0.05) is 19.4 Å². The van der Waals surface area contributed by atoms with Crippen LogP contribution in [0.15, 0.2) is 17.5 Å². The van der Waals surface area contributed by atoms with Crippen LogP contribution in [0.1, 0.15) is 37.5 Å². The monoisotopic (exact) mass is 269 g/mol. The van der Waals surface area contributed by atoms with E-state index in [4.69, 9.17) is 4.74 Å². The Kier molecular flexibility index (Phi) is 5.18. The minimum atomic E-state index is -0.151. The minimum absolute atomic E-state index is 0.151. The van der Waals surface area contributed by atoms with Gasteiger partial charge in [0.1, 0.15) is 0 Å². The van der Waals surface area contributed by atoms with Gasteiger partial charge < -0.3 is 15.2 Å². The number of hydrogen-bond donors (Lipinski definition) is 2. The molecule has 1 aromatic rings. The van der Waals surface area contributed by atoms with Gasteiger partial charge in [0.05, 0.1) is 12.7 Å². The molecule has 18 heavy (non-hydrogen) atoms. The summed E-state index contributed by atoms with van der Waals surface area (Å²) in [4.78, 5) is 1.32. The topological polar surface area (TPSA) is 41.5 Å². The van der Waals surface area contributed by atoms with Gasteiger partial charge in [0.2, 0.25) is 0 Å². The van der Waals surface area contributed by atoms with Gasteiger partial charge in [-0.25, -0.2) is 0 Å². The van der Waals surface area contributed by atoms with Crippen molar-refractivity contribution in [3.05, 3.63) is 22.4 Å². The quantitative estimate of drug-likeness (QED) is 0.834. The van der Waals surface area contributed by atoms with E-state index in [0.717, 1.165) is 38.8 Å². The van der Waals surface area contributed by atoms with E-state index in [9.17, 15) is 5.11 Å². The maximum Gasteiger partial charge on any atom is 0.0615 e. The number of ether oxygens (including phenoxy) is 1. The third kappa shape index (κ3) is 3.54. The van der Waals surface area contributed by atoms with Gasteiger partial charge in [0.15, 0.2) is 0 Å². The summed E-state index contributed by atoms with van der Waals surface area (Å²) in [5.74, 6) is 0. The fraction of sp³-hybridized carbons (Fsp3) is 0.714. The van der Waals surface area contributed by atoms with Crippen LogP contribution in [0, 0.1) is 0 Å². The third-order valence-electron chi connectivity index (χ3n) is 3.68. The number of nitrogens with one attached hydrogen (secondary N) is 1. The van der Waals surface area contributed by atoms with E-state index in [1.807, 2.05) is 0 Å². The summed E-state index contributed by atoms with van der Waals surface area (Å²) in [5, 5.41) is 15.4. The van der Waals surface area contributed by atoms with Crippen molar-refractivity contribution >= 4 is 11.3 Å². The predicted octanol–water partition coefficient (Wildman–Crippen LogP) is 2.55. The third-order valence-corrected chi connectivity index (χ3v) is 4.56. The van der Waals surface area contributed by atoms with Crippen LogP contribution in [0.5, 0.6) is 0 Å². The number of rotatable bonds is 6. The first-order valence-corrected chi connectivity index (χ1v) is 7.66. The lowest BCUT2D eigenvalue weighted by molar-refractivity contribution is -0.0487. The maximum atomic E-state index is 9.74. The average Bonchev–Trinajstić information content (AvgIpc) is 2.90. The summed E-state index contributed by atoms with van der Waals surface area (Å²) < 4.78 is 5.76. The molecule has 2 unspecified atom stereocenters. The molecule has 1 aromatic heterocycles. The van der Waals surface area contributed by atoms with E-state index in [2.05, 4.69) is 29.8 Å². The average molecular weight is 269 g/mol. The number of thiophene rings is 1. The van der Waals surface area contributed by atoms with Crippen LogP contribution in [0.4, 0.5) is 0 Å². The fourth-order valence-electron chi connectivity index (χ4n) is 2.57. The second-order valence-corrected chi connectivity index (χ2v) is 6.14. The molecule has 2 atom stereocenters. The molecule has 0 aliphatic carbocycles. The molecule has 1 saturated heterocycles. The molecule has 2 rings (SSSR count). The molecule has 2 heterocycles. The van der Waals surface area contributed by atoms with Crippen molar-refractivity contribution in [1.82, 2.24) is 5.32 Å². The minimum Gasteiger partial charge on any atom is -0.394 e. The standard InChI is InChI=1S/C14H23NO2S/c1-2-4-12-9-14(11-16,6-7-17-12)15-10-13-5-3-8-18-13/h3,5,8,12,15-16H,2,4,6-7,9-11H2,1H3. The van der Waals surface area contributed by atoms with Crippen LogP contribution >= 0.6 is 11.3 Å². The fourth-order valence-corrected chi connectivity index (χ4v) is 3.22. The zero-order chi connectivity index (χ0) is 12.8. The molecule has 0 bridgehead atoms. The molecule has 1 fully saturated rings. The highest BCUT2D eigenvalue weighted by molar-refractivity contribution is 7.09. The van der Waals surface area contributed by atoms with Gasteiger partial charge in [-0.3, -0.25) is 0 Å². The van der Waals surface area contributed by atoms with Crippen molar-refractivity contribution in [2.24, 2.45) is 0 Å². The molecule has 0 spiro atoms. The molecular formula is C14H23NO2S.